The van der Waals surface area contributed by atoms with E-state index in [0.717, 1.165) is 19.3 Å². The summed E-state index contributed by atoms with van der Waals surface area (Å²) in [5, 5.41) is 0. The molecular weight excluding hydrogens is 244 g/mol. The molecule has 0 radical (unpaired) electrons. The number of ether oxygens (including phenoxy) is 2. The predicted octanol–water partition coefficient (Wildman–Crippen LogP) is 3.11. The average molecular weight is 270 g/mol. The van der Waals surface area contributed by atoms with Crippen LogP contribution in [0, 0.1) is 11.8 Å². The van der Waals surface area contributed by atoms with E-state index < -0.39 is 17.9 Å². The summed E-state index contributed by atoms with van der Waals surface area (Å²) in [4.78, 5) is 23.0. The Morgan fingerprint density at radius 1 is 1.00 bits per heavy atom. The fourth-order valence-electron chi connectivity index (χ4n) is 1.87. The van der Waals surface area contributed by atoms with Gasteiger partial charge in [-0.05, 0) is 45.4 Å². The molecule has 0 spiro atoms. The Labute approximate surface area is 116 Å². The second-order valence-electron chi connectivity index (χ2n) is 5.14. The van der Waals surface area contributed by atoms with Crippen LogP contribution in [-0.4, -0.2) is 26.2 Å². The van der Waals surface area contributed by atoms with Gasteiger partial charge in [0.05, 0.1) is 14.2 Å². The van der Waals surface area contributed by atoms with E-state index in [0.29, 0.717) is 12.3 Å². The van der Waals surface area contributed by atoms with Crippen molar-refractivity contribution in [3.8, 4) is 0 Å². The highest BCUT2D eigenvalue weighted by Gasteiger charge is 2.28. The fourth-order valence-corrected chi connectivity index (χ4v) is 1.87. The second-order valence-corrected chi connectivity index (χ2v) is 5.14. The lowest BCUT2D eigenvalue weighted by Crippen LogP contribution is -2.27. The number of methoxy groups -OCH3 is 2. The lowest BCUT2D eigenvalue weighted by atomic mass is 9.93. The van der Waals surface area contributed by atoms with Gasteiger partial charge in [0, 0.05) is 0 Å². The summed E-state index contributed by atoms with van der Waals surface area (Å²) in [6.07, 6.45) is 5.58. The summed E-state index contributed by atoms with van der Waals surface area (Å²) in [7, 11) is 2.58. The van der Waals surface area contributed by atoms with E-state index in [-0.39, 0.29) is 0 Å². The van der Waals surface area contributed by atoms with Crippen LogP contribution < -0.4 is 0 Å². The molecule has 0 unspecified atom stereocenters. The van der Waals surface area contributed by atoms with Crippen molar-refractivity contribution in [3.63, 3.8) is 0 Å². The number of carbonyl (C=O) groups excluding carboxylic acids is 2. The zero-order chi connectivity index (χ0) is 14.8. The van der Waals surface area contributed by atoms with Crippen LogP contribution in [0.15, 0.2) is 11.6 Å². The number of hydrogen-bond acceptors (Lipinski definition) is 4. The summed E-state index contributed by atoms with van der Waals surface area (Å²) in [6, 6.07) is 0. The lowest BCUT2D eigenvalue weighted by Gasteiger charge is -2.15. The number of esters is 2. The zero-order valence-corrected chi connectivity index (χ0v) is 12.7. The first-order valence-corrected chi connectivity index (χ1v) is 6.71. The van der Waals surface area contributed by atoms with Crippen molar-refractivity contribution < 1.29 is 19.1 Å². The van der Waals surface area contributed by atoms with Gasteiger partial charge in [0.1, 0.15) is 0 Å². The van der Waals surface area contributed by atoms with Gasteiger partial charge < -0.3 is 9.47 Å². The van der Waals surface area contributed by atoms with Gasteiger partial charge in [0.15, 0.2) is 5.92 Å². The lowest BCUT2D eigenvalue weighted by molar-refractivity contribution is -0.159. The summed E-state index contributed by atoms with van der Waals surface area (Å²) >= 11 is 0. The molecule has 0 bridgehead atoms. The van der Waals surface area contributed by atoms with Gasteiger partial charge in [0.25, 0.3) is 0 Å². The van der Waals surface area contributed by atoms with Crippen molar-refractivity contribution in [2.45, 2.75) is 46.5 Å². The Hall–Kier alpha value is -1.32. The van der Waals surface area contributed by atoms with Crippen molar-refractivity contribution >= 4 is 11.9 Å². The molecule has 0 heterocycles. The first-order valence-electron chi connectivity index (χ1n) is 6.71. The van der Waals surface area contributed by atoms with E-state index in [1.807, 2.05) is 0 Å². The van der Waals surface area contributed by atoms with Crippen LogP contribution in [0.1, 0.15) is 46.5 Å². The van der Waals surface area contributed by atoms with Crippen LogP contribution in [0.2, 0.25) is 0 Å². The first kappa shape index (κ1) is 17.7. The number of allylic oxidation sites excluding steroid dienone is 2. The summed E-state index contributed by atoms with van der Waals surface area (Å²) < 4.78 is 9.26. The summed E-state index contributed by atoms with van der Waals surface area (Å²) in [6.45, 7) is 6.29. The molecule has 0 rings (SSSR count). The van der Waals surface area contributed by atoms with Gasteiger partial charge in [-0.3, -0.25) is 9.59 Å². The second kappa shape index (κ2) is 9.59. The molecule has 0 aromatic heterocycles. The number of hydrogen-bond donors (Lipinski definition) is 0. The number of carbonyl (C=O) groups is 2. The van der Waals surface area contributed by atoms with Crippen molar-refractivity contribution in [2.75, 3.05) is 14.2 Å². The minimum absolute atomic E-state index is 0.465. The van der Waals surface area contributed by atoms with Gasteiger partial charge in [-0.15, -0.1) is 0 Å². The first-order chi connectivity index (χ1) is 8.92. The van der Waals surface area contributed by atoms with E-state index in [1.54, 1.807) is 0 Å². The quantitative estimate of drug-likeness (QED) is 0.386. The third-order valence-corrected chi connectivity index (χ3v) is 3.13. The minimum atomic E-state index is -0.791. The van der Waals surface area contributed by atoms with Crippen molar-refractivity contribution in [1.82, 2.24) is 0 Å². The van der Waals surface area contributed by atoms with E-state index in [1.165, 1.54) is 19.8 Å². The normalized spacial score (nSPS) is 11.9. The maximum atomic E-state index is 11.5. The van der Waals surface area contributed by atoms with Gasteiger partial charge in [-0.25, -0.2) is 0 Å². The van der Waals surface area contributed by atoms with Crippen molar-refractivity contribution in [2.24, 2.45) is 11.8 Å². The summed E-state index contributed by atoms with van der Waals surface area (Å²) in [5.41, 5.74) is 1.31. The maximum Gasteiger partial charge on any atom is 0.320 e. The molecular formula is C15H26O4. The topological polar surface area (TPSA) is 52.6 Å². The molecule has 0 aliphatic carbocycles. The Morgan fingerprint density at radius 3 is 1.95 bits per heavy atom. The molecule has 4 heteroatoms. The Bertz CT molecular complexity index is 300. The Balaban J connectivity index is 4.20. The molecule has 0 amide bonds. The highest BCUT2D eigenvalue weighted by molar-refractivity contribution is 5.94. The molecule has 0 fully saturated rings. The third kappa shape index (κ3) is 7.65. The smallest absolute Gasteiger partial charge is 0.320 e. The Morgan fingerprint density at radius 2 is 1.53 bits per heavy atom. The molecule has 110 valence electrons. The van der Waals surface area contributed by atoms with E-state index in [9.17, 15) is 9.59 Å². The van der Waals surface area contributed by atoms with Crippen LogP contribution in [0.5, 0.6) is 0 Å². The maximum absolute atomic E-state index is 11.5. The molecule has 0 saturated carbocycles. The van der Waals surface area contributed by atoms with Gasteiger partial charge in [-0.1, -0.05) is 18.6 Å². The van der Waals surface area contributed by atoms with E-state index >= 15 is 0 Å². The van der Waals surface area contributed by atoms with Crippen LogP contribution >= 0.6 is 0 Å². The van der Waals surface area contributed by atoms with Crippen molar-refractivity contribution in [3.05, 3.63) is 11.6 Å². The highest BCUT2D eigenvalue weighted by Crippen LogP contribution is 2.19. The van der Waals surface area contributed by atoms with E-state index in [2.05, 4.69) is 36.3 Å². The molecule has 0 aromatic carbocycles. The Kier molecular flexibility index (Phi) is 8.92. The fraction of sp³-hybridized carbons (Fsp3) is 0.733. The molecule has 0 aliphatic heterocycles. The molecule has 0 saturated heterocycles. The van der Waals surface area contributed by atoms with Crippen LogP contribution in [0.4, 0.5) is 0 Å². The van der Waals surface area contributed by atoms with Crippen LogP contribution in [0.25, 0.3) is 0 Å². The predicted molar refractivity (Wildman–Crippen MR) is 74.6 cm³/mol. The van der Waals surface area contributed by atoms with Gasteiger partial charge in [0.2, 0.25) is 0 Å². The molecule has 0 aliphatic rings. The molecule has 0 N–H and O–H groups in total. The van der Waals surface area contributed by atoms with Crippen LogP contribution in [-0.2, 0) is 19.1 Å². The molecule has 1 atom stereocenters. The third-order valence-electron chi connectivity index (χ3n) is 3.13. The van der Waals surface area contributed by atoms with Gasteiger partial charge in [-0.2, -0.15) is 0 Å². The molecule has 0 aromatic rings. The highest BCUT2D eigenvalue weighted by atomic mass is 16.5. The molecule has 4 nitrogen and oxygen atoms in total. The largest absolute Gasteiger partial charge is 0.468 e. The standard InChI is InChI=1S/C15H26O4/c1-11(2)7-6-8-12(3)9-10-13(14(16)18-4)15(17)19-5/h7,12-13H,6,8-10H2,1-5H3/t12-/m0/s1. The zero-order valence-electron chi connectivity index (χ0n) is 12.7. The van der Waals surface area contributed by atoms with Gasteiger partial charge >= 0.3 is 11.9 Å². The summed E-state index contributed by atoms with van der Waals surface area (Å²) in [5.74, 6) is -1.35. The number of rotatable bonds is 8. The molecule has 19 heavy (non-hydrogen) atoms. The van der Waals surface area contributed by atoms with Crippen molar-refractivity contribution in [1.29, 1.82) is 0 Å². The van der Waals surface area contributed by atoms with Crippen LogP contribution in [0.3, 0.4) is 0 Å². The monoisotopic (exact) mass is 270 g/mol. The minimum Gasteiger partial charge on any atom is -0.468 e. The average Bonchev–Trinajstić information content (AvgIpc) is 2.37. The van der Waals surface area contributed by atoms with E-state index in [4.69, 9.17) is 0 Å². The SMILES string of the molecule is COC(=O)C(CC[C@@H](C)CCC=C(C)C)C(=O)OC.